The summed E-state index contributed by atoms with van der Waals surface area (Å²) < 4.78 is 58.9. The molecule has 11 heteroatoms. The van der Waals surface area contributed by atoms with Gasteiger partial charge >= 0.3 is 13.2 Å². The van der Waals surface area contributed by atoms with Crippen LogP contribution in [0.25, 0.3) is 0 Å². The number of nitrogens with one attached hydrogen (secondary N) is 1. The molecule has 1 atom stereocenters. The van der Waals surface area contributed by atoms with Crippen LogP contribution in [0.15, 0.2) is 30.9 Å². The van der Waals surface area contributed by atoms with Crippen LogP contribution in [0.4, 0.5) is 23.2 Å². The highest BCUT2D eigenvalue weighted by Gasteiger charge is 2.19. The molecule has 0 saturated carbocycles. The fourth-order valence-corrected chi connectivity index (χ4v) is 1.75. The highest BCUT2D eigenvalue weighted by Crippen LogP contribution is 2.32. The molecule has 1 heterocycles. The molecule has 1 amide bonds. The fourth-order valence-electron chi connectivity index (χ4n) is 1.75. The molecule has 1 aromatic carbocycles. The van der Waals surface area contributed by atoms with Gasteiger partial charge in [0.25, 0.3) is 0 Å². The predicted octanol–water partition coefficient (Wildman–Crippen LogP) is 2.68. The van der Waals surface area contributed by atoms with Crippen molar-refractivity contribution in [2.24, 2.45) is 0 Å². The maximum atomic E-state index is 12.5. The van der Waals surface area contributed by atoms with Gasteiger partial charge in [-0.05, 0) is 19.1 Å². The van der Waals surface area contributed by atoms with Gasteiger partial charge in [-0.1, -0.05) is 0 Å². The van der Waals surface area contributed by atoms with Gasteiger partial charge < -0.3 is 14.8 Å². The SMILES string of the molecule is CC(C(=O)Nc1ccc(OC(F)F)cc1OC(F)F)n1cncn1. The third-order valence-corrected chi connectivity index (χ3v) is 2.87. The number of rotatable bonds is 7. The van der Waals surface area contributed by atoms with E-state index in [0.717, 1.165) is 18.2 Å². The smallest absolute Gasteiger partial charge is 0.387 e. The minimum absolute atomic E-state index is 0.131. The van der Waals surface area contributed by atoms with E-state index in [0.29, 0.717) is 0 Å². The van der Waals surface area contributed by atoms with E-state index in [1.165, 1.54) is 24.3 Å². The fraction of sp³-hybridized carbons (Fsp3) is 0.308. The molecule has 1 unspecified atom stereocenters. The number of anilines is 1. The van der Waals surface area contributed by atoms with Crippen molar-refractivity contribution < 1.29 is 31.8 Å². The zero-order chi connectivity index (χ0) is 17.7. The first kappa shape index (κ1) is 17.5. The van der Waals surface area contributed by atoms with Crippen LogP contribution in [-0.4, -0.2) is 33.9 Å². The van der Waals surface area contributed by atoms with E-state index >= 15 is 0 Å². The molecule has 0 saturated heterocycles. The van der Waals surface area contributed by atoms with Gasteiger partial charge in [-0.25, -0.2) is 9.67 Å². The number of amides is 1. The van der Waals surface area contributed by atoms with Crippen LogP contribution >= 0.6 is 0 Å². The van der Waals surface area contributed by atoms with Crippen LogP contribution in [0, 0.1) is 0 Å². The number of ether oxygens (including phenoxy) is 2. The van der Waals surface area contributed by atoms with Gasteiger partial charge in [0, 0.05) is 6.07 Å². The van der Waals surface area contributed by atoms with Crippen LogP contribution in [0.3, 0.4) is 0 Å². The number of hydrogen-bond donors (Lipinski definition) is 1. The predicted molar refractivity (Wildman–Crippen MR) is 73.1 cm³/mol. The molecule has 0 aliphatic heterocycles. The third kappa shape index (κ3) is 4.57. The summed E-state index contributed by atoms with van der Waals surface area (Å²) in [6.07, 6.45) is 2.53. The van der Waals surface area contributed by atoms with E-state index in [2.05, 4.69) is 24.9 Å². The highest BCUT2D eigenvalue weighted by atomic mass is 19.3. The van der Waals surface area contributed by atoms with Crippen molar-refractivity contribution in [1.29, 1.82) is 0 Å². The number of nitrogens with zero attached hydrogens (tertiary/aromatic N) is 3. The van der Waals surface area contributed by atoms with E-state index < -0.39 is 30.9 Å². The van der Waals surface area contributed by atoms with Gasteiger partial charge in [0.15, 0.2) is 5.75 Å². The van der Waals surface area contributed by atoms with Crippen molar-refractivity contribution in [3.8, 4) is 11.5 Å². The molecule has 0 aliphatic rings. The zero-order valence-electron chi connectivity index (χ0n) is 12.2. The Kier molecular flexibility index (Phi) is 5.55. The third-order valence-electron chi connectivity index (χ3n) is 2.87. The van der Waals surface area contributed by atoms with Crippen LogP contribution in [0.1, 0.15) is 13.0 Å². The molecule has 2 rings (SSSR count). The number of hydrogen-bond acceptors (Lipinski definition) is 5. The number of benzene rings is 1. The zero-order valence-corrected chi connectivity index (χ0v) is 12.2. The van der Waals surface area contributed by atoms with Gasteiger partial charge in [-0.2, -0.15) is 22.7 Å². The lowest BCUT2D eigenvalue weighted by Crippen LogP contribution is -2.24. The van der Waals surface area contributed by atoms with Crippen molar-refractivity contribution in [2.45, 2.75) is 26.2 Å². The Morgan fingerprint density at radius 3 is 2.50 bits per heavy atom. The van der Waals surface area contributed by atoms with E-state index in [1.54, 1.807) is 0 Å². The van der Waals surface area contributed by atoms with E-state index in [4.69, 9.17) is 0 Å². The number of aromatic nitrogens is 3. The molecule has 1 aromatic heterocycles. The standard InChI is InChI=1S/C13H12F4N4O3/c1-7(21-6-18-5-19-21)11(22)20-9-3-2-8(23-12(14)15)4-10(9)24-13(16)17/h2-7,12-13H,1H3,(H,20,22). The molecule has 0 fully saturated rings. The van der Waals surface area contributed by atoms with Crippen LogP contribution in [0.2, 0.25) is 0 Å². The summed E-state index contributed by atoms with van der Waals surface area (Å²) in [6.45, 7) is -4.83. The number of carbonyl (C=O) groups is 1. The van der Waals surface area contributed by atoms with Crippen molar-refractivity contribution in [2.75, 3.05) is 5.32 Å². The van der Waals surface area contributed by atoms with E-state index in [1.807, 2.05) is 0 Å². The first-order chi connectivity index (χ1) is 11.4. The van der Waals surface area contributed by atoms with Gasteiger partial charge in [-0.15, -0.1) is 0 Å². The van der Waals surface area contributed by atoms with Gasteiger partial charge in [0.05, 0.1) is 5.69 Å². The Morgan fingerprint density at radius 2 is 1.92 bits per heavy atom. The molecular weight excluding hydrogens is 336 g/mol. The molecular formula is C13H12F4N4O3. The molecule has 0 spiro atoms. The van der Waals surface area contributed by atoms with Crippen molar-refractivity contribution in [3.63, 3.8) is 0 Å². The second kappa shape index (κ2) is 7.62. The summed E-state index contributed by atoms with van der Waals surface area (Å²) in [5.74, 6) is -1.49. The van der Waals surface area contributed by atoms with Crippen LogP contribution in [0.5, 0.6) is 11.5 Å². The summed E-state index contributed by atoms with van der Waals surface area (Å²) in [5.41, 5.74) is -0.131. The summed E-state index contributed by atoms with van der Waals surface area (Å²) in [5, 5.41) is 6.14. The monoisotopic (exact) mass is 348 g/mol. The Balaban J connectivity index is 2.19. The molecule has 0 radical (unpaired) electrons. The second-order valence-corrected chi connectivity index (χ2v) is 4.46. The highest BCUT2D eigenvalue weighted by molar-refractivity contribution is 5.94. The molecule has 7 nitrogen and oxygen atoms in total. The Labute approximate surface area is 133 Å². The van der Waals surface area contributed by atoms with Gasteiger partial charge in [0.2, 0.25) is 5.91 Å². The number of alkyl halides is 4. The lowest BCUT2D eigenvalue weighted by Gasteiger charge is -2.16. The molecule has 1 N–H and O–H groups in total. The van der Waals surface area contributed by atoms with Crippen LogP contribution < -0.4 is 14.8 Å². The lowest BCUT2D eigenvalue weighted by atomic mass is 10.2. The minimum Gasteiger partial charge on any atom is -0.435 e. The van der Waals surface area contributed by atoms with Crippen LogP contribution in [-0.2, 0) is 4.79 Å². The maximum Gasteiger partial charge on any atom is 0.387 e. The van der Waals surface area contributed by atoms with E-state index in [9.17, 15) is 22.4 Å². The Bertz CT molecular complexity index is 682. The second-order valence-electron chi connectivity index (χ2n) is 4.46. The Morgan fingerprint density at radius 1 is 1.21 bits per heavy atom. The molecule has 130 valence electrons. The largest absolute Gasteiger partial charge is 0.435 e. The van der Waals surface area contributed by atoms with Gasteiger partial charge in [0.1, 0.15) is 24.4 Å². The molecule has 2 aromatic rings. The van der Waals surface area contributed by atoms with Crippen molar-refractivity contribution in [3.05, 3.63) is 30.9 Å². The molecule has 0 aliphatic carbocycles. The summed E-state index contributed by atoms with van der Waals surface area (Å²) in [7, 11) is 0. The summed E-state index contributed by atoms with van der Waals surface area (Å²) >= 11 is 0. The number of carbonyl (C=O) groups excluding carboxylic acids is 1. The van der Waals surface area contributed by atoms with E-state index in [-0.39, 0.29) is 11.4 Å². The number of halogens is 4. The molecule has 24 heavy (non-hydrogen) atoms. The topological polar surface area (TPSA) is 78.3 Å². The summed E-state index contributed by atoms with van der Waals surface area (Å²) in [4.78, 5) is 15.8. The first-order valence-electron chi connectivity index (χ1n) is 6.55. The van der Waals surface area contributed by atoms with Crippen molar-refractivity contribution in [1.82, 2.24) is 14.8 Å². The summed E-state index contributed by atoms with van der Waals surface area (Å²) in [6, 6.07) is 2.24. The lowest BCUT2D eigenvalue weighted by molar-refractivity contribution is -0.119. The van der Waals surface area contributed by atoms with Gasteiger partial charge in [-0.3, -0.25) is 4.79 Å². The van der Waals surface area contributed by atoms with Crippen molar-refractivity contribution >= 4 is 11.6 Å². The normalized spacial score (nSPS) is 12.3. The molecule has 0 bridgehead atoms. The average molecular weight is 348 g/mol. The average Bonchev–Trinajstić information content (AvgIpc) is 3.02. The first-order valence-corrected chi connectivity index (χ1v) is 6.55. The maximum absolute atomic E-state index is 12.5. The quantitative estimate of drug-likeness (QED) is 0.779. The Hall–Kier alpha value is -2.85. The minimum atomic E-state index is -3.21.